The predicted octanol–water partition coefficient (Wildman–Crippen LogP) is 16.7. The summed E-state index contributed by atoms with van der Waals surface area (Å²) in [5.74, 6) is 4.79. The summed E-state index contributed by atoms with van der Waals surface area (Å²) >= 11 is 24.7. The van der Waals surface area contributed by atoms with Gasteiger partial charge in [-0.2, -0.15) is 38.5 Å². The number of aliphatic hydroxyl groups excluding tert-OH is 1. The molecule has 35 nitrogen and oxygen atoms in total. The van der Waals surface area contributed by atoms with Crippen molar-refractivity contribution in [3.8, 4) is 0 Å². The molecule has 8 aliphatic rings. The first-order valence-corrected chi connectivity index (χ1v) is 49.6. The lowest BCUT2D eigenvalue weighted by atomic mass is 10.0. The van der Waals surface area contributed by atoms with Gasteiger partial charge in [-0.1, -0.05) is 103 Å². The van der Waals surface area contributed by atoms with E-state index in [0.29, 0.717) is 155 Å². The van der Waals surface area contributed by atoms with Crippen LogP contribution in [-0.4, -0.2) is 220 Å². The average molecular weight is 2010 g/mol. The molecule has 17 heterocycles. The first kappa shape index (κ1) is 98.8. The number of fused-ring (bicyclic) bond motifs is 4. The van der Waals surface area contributed by atoms with Gasteiger partial charge in [0.25, 0.3) is 23.6 Å². The molecule has 8 aliphatic heterocycles. The first-order valence-electron chi connectivity index (χ1n) is 48.1. The second kappa shape index (κ2) is 45.2. The van der Waals surface area contributed by atoms with Crippen LogP contribution in [0.5, 0.6) is 0 Å². The number of allylic oxidation sites excluding steroid dienone is 3. The van der Waals surface area contributed by atoms with Gasteiger partial charge in [0.15, 0.2) is 22.6 Å². The number of carbonyl (C=O) groups excluding carboxylic acids is 5. The molecular weight excluding hydrogens is 1890 g/mol. The van der Waals surface area contributed by atoms with Crippen LogP contribution < -0.4 is 63.8 Å². The Labute approximate surface area is 846 Å². The molecule has 143 heavy (non-hydrogen) atoms. The van der Waals surface area contributed by atoms with Gasteiger partial charge >= 0.3 is 0 Å². The molecule has 13 N–H and O–H groups in total. The Morgan fingerprint density at radius 2 is 0.713 bits per heavy atom. The number of amides is 5. The van der Waals surface area contributed by atoms with Gasteiger partial charge in [-0.05, 0) is 181 Å². The number of rotatable bonds is 26. The van der Waals surface area contributed by atoms with Crippen LogP contribution in [0.15, 0.2) is 230 Å². The maximum absolute atomic E-state index is 12.3. The van der Waals surface area contributed by atoms with Crippen molar-refractivity contribution >= 4 is 192 Å². The number of anilines is 12. The van der Waals surface area contributed by atoms with Crippen molar-refractivity contribution in [1.29, 1.82) is 0 Å². The summed E-state index contributed by atoms with van der Waals surface area (Å²) in [5, 5.41) is 68.8. The number of aliphatic hydroxyl groups is 1. The highest BCUT2D eigenvalue weighted by Gasteiger charge is 2.32. The molecule has 5 amide bonds. The Kier molecular flexibility index (Phi) is 31.3. The maximum Gasteiger partial charge on any atom is 0.254 e. The SMILES string of the molecule is C=C1C/C(=C\c2cnn3c(NC4CCN(C(C)C)CC4)cc(Nc4cccc(Cl)c4)nc23)C(=O)N1.C=C1C/C(=C\c2cnn3c(NC4CCN(CC)CC4)cc(Nc4cccc(Cl)c4)nc23)C(=O)N1.C=C1C/C(=C\c2cnn3c(NC4CCN(CCO)CC4)cc(Nc4cccc(Cl)c4)nc23)C(=O)N1.O=C1C/C(=C\c2cnn3c(NC4CCN(Cc5ccccn5)CC4)cc(Nc4cccc(Cl)c4)nc23)C(=O)N1. The van der Waals surface area contributed by atoms with Crippen LogP contribution in [0.3, 0.4) is 0 Å². The largest absolute Gasteiger partial charge is 0.395 e. The third kappa shape index (κ3) is 25.2. The smallest absolute Gasteiger partial charge is 0.254 e. The molecule has 738 valence electrons. The normalized spacial score (nSPS) is 18.3. The first-order chi connectivity index (χ1) is 69.3. The number of imide groups is 1. The van der Waals surface area contributed by atoms with Crippen LogP contribution in [0.1, 0.15) is 126 Å². The van der Waals surface area contributed by atoms with Crippen LogP contribution in [0.25, 0.3) is 46.9 Å². The van der Waals surface area contributed by atoms with Crippen molar-refractivity contribution in [2.24, 2.45) is 0 Å². The van der Waals surface area contributed by atoms with E-state index in [-0.39, 0.29) is 54.6 Å². The summed E-state index contributed by atoms with van der Waals surface area (Å²) in [6, 6.07) is 45.5. The molecule has 0 saturated carbocycles. The van der Waals surface area contributed by atoms with E-state index in [0.717, 1.165) is 185 Å². The standard InChI is InChI=1S/C28H27ClN8O2.C26H30ClN7O.C25H28ClN7O2.C25H28ClN7O/c29-20-4-3-6-22(14-20)32-24-15-25(33-21-7-10-36(11-8-21)17-23-5-1-2-9-30-23)37-27(34-24)19(16-31-37)12-18-13-26(38)35-28(18)39;1-16(2)33-9-7-21(8-10-33)31-24-14-23(30-22-6-4-5-20(27)13-22)32-25-19(15-28-34(24)25)12-18-11-17(3)29-26(18)35;1-16-11-17(25(35)28-16)12-18-15-27-33-23(30-20-5-7-32(8-6-20)9-10-34)14-22(31-24(18)33)29-21-4-2-3-19(26)13-21;1-3-32-9-7-20(8-10-32)30-23-14-22(29-21-6-4-5-19(26)13-21)31-24-18(15-27-33(23)24)12-17-11-16(2)28-25(17)34/h1-6,9,12,14-16,21,33H,7-8,10-11,13,17H2,(H,32,34)(H,35,38,39);4-6,12-16,21,31H,3,7-11H2,1-2H3,(H,29,35)(H,30,32);2-4,12-15,20,30,34H,1,5-11H2,(H,28,35)(H,29,31);4-6,12-15,20,30H,2-3,7-11H2,1H3,(H,28,34)(H,29,31)/b2*18-12+;2*17-12+. The van der Waals surface area contributed by atoms with Crippen LogP contribution in [-0.2, 0) is 30.5 Å². The van der Waals surface area contributed by atoms with Crippen molar-refractivity contribution < 1.29 is 29.1 Å². The van der Waals surface area contributed by atoms with E-state index in [2.05, 4.69) is 155 Å². The van der Waals surface area contributed by atoms with Gasteiger partial charge in [0.1, 0.15) is 46.5 Å². The highest BCUT2D eigenvalue weighted by atomic mass is 35.5. The Morgan fingerprint density at radius 1 is 0.399 bits per heavy atom. The lowest BCUT2D eigenvalue weighted by molar-refractivity contribution is -0.124. The quantitative estimate of drug-likeness (QED) is 0.0177. The number of nitrogens with one attached hydrogen (secondary N) is 12. The number of nitrogens with zero attached hydrogens (tertiary/aromatic N) is 17. The third-order valence-electron chi connectivity index (χ3n) is 26.0. The minimum Gasteiger partial charge on any atom is -0.395 e. The number of hydrogen-bond donors (Lipinski definition) is 13. The number of likely N-dealkylation sites (tertiary alicyclic amines) is 4. The van der Waals surface area contributed by atoms with E-state index in [1.165, 1.54) is 0 Å². The minimum absolute atomic E-state index is 0.0405. The van der Waals surface area contributed by atoms with E-state index in [1.54, 1.807) is 39.9 Å². The number of halogens is 4. The molecular formula is C104H113Cl4N29O6. The molecule has 21 rings (SSSR count). The van der Waals surface area contributed by atoms with Gasteiger partial charge < -0.3 is 78.3 Å². The Morgan fingerprint density at radius 3 is 0.993 bits per heavy atom. The lowest BCUT2D eigenvalue weighted by Gasteiger charge is -2.35. The Hall–Kier alpha value is -14.4. The van der Waals surface area contributed by atoms with Crippen LogP contribution in [0.2, 0.25) is 20.1 Å². The summed E-state index contributed by atoms with van der Waals surface area (Å²) in [4.78, 5) is 94.0. The Balaban J connectivity index is 0.000000126. The van der Waals surface area contributed by atoms with Crippen molar-refractivity contribution in [1.82, 2.24) is 104 Å². The minimum atomic E-state index is -0.386. The second-order valence-electron chi connectivity index (χ2n) is 36.8. The Bertz CT molecular complexity index is 7100. The lowest BCUT2D eigenvalue weighted by Crippen LogP contribution is -2.42. The zero-order valence-corrected chi connectivity index (χ0v) is 82.6. The third-order valence-corrected chi connectivity index (χ3v) is 26.9. The molecule has 39 heteroatoms. The second-order valence-corrected chi connectivity index (χ2v) is 38.6. The number of benzene rings is 4. The number of aromatic nitrogens is 13. The van der Waals surface area contributed by atoms with Gasteiger partial charge in [0.05, 0.1) is 43.5 Å². The van der Waals surface area contributed by atoms with Crippen molar-refractivity contribution in [2.45, 2.75) is 135 Å². The van der Waals surface area contributed by atoms with E-state index in [1.807, 2.05) is 167 Å². The van der Waals surface area contributed by atoms with Crippen molar-refractivity contribution in [3.63, 3.8) is 0 Å². The van der Waals surface area contributed by atoms with Crippen LogP contribution in [0, 0.1) is 0 Å². The van der Waals surface area contributed by atoms with Crippen LogP contribution in [0.4, 0.5) is 69.3 Å². The molecule has 0 radical (unpaired) electrons. The molecule has 0 aliphatic carbocycles. The zero-order valence-electron chi connectivity index (χ0n) is 79.6. The van der Waals surface area contributed by atoms with Gasteiger partial charge in [0, 0.05) is 250 Å². The summed E-state index contributed by atoms with van der Waals surface area (Å²) < 4.78 is 7.14. The number of pyridine rings is 1. The zero-order chi connectivity index (χ0) is 99.3. The van der Waals surface area contributed by atoms with Crippen molar-refractivity contribution in [3.05, 3.63) is 278 Å². The number of carbonyl (C=O) groups is 5. The molecule has 0 atom stereocenters. The average Bonchev–Trinajstić information content (AvgIpc) is 1.65. The number of hydrogen-bond acceptors (Lipinski definition) is 27. The number of piperidine rings is 4. The maximum atomic E-state index is 12.3. The molecule has 0 bridgehead atoms. The fourth-order valence-electron chi connectivity index (χ4n) is 18.5. The highest BCUT2D eigenvalue weighted by Crippen LogP contribution is 2.36. The molecule has 9 aromatic heterocycles. The summed E-state index contributed by atoms with van der Waals surface area (Å²) in [6.07, 6.45) is 25.5. The molecule has 0 spiro atoms. The molecule has 0 unspecified atom stereocenters. The van der Waals surface area contributed by atoms with E-state index >= 15 is 0 Å². The summed E-state index contributed by atoms with van der Waals surface area (Å²) in [5.41, 5.74) is 14.3. The van der Waals surface area contributed by atoms with Crippen LogP contribution >= 0.6 is 46.4 Å². The topological polar surface area (TPSA) is 397 Å². The van der Waals surface area contributed by atoms with E-state index in [4.69, 9.17) is 66.3 Å². The molecule has 8 saturated heterocycles. The van der Waals surface area contributed by atoms with Gasteiger partial charge in [-0.3, -0.25) is 39.2 Å². The van der Waals surface area contributed by atoms with Gasteiger partial charge in [-0.15, -0.1) is 0 Å². The summed E-state index contributed by atoms with van der Waals surface area (Å²) in [6.45, 7) is 29.1. The highest BCUT2D eigenvalue weighted by molar-refractivity contribution is 6.32. The predicted molar refractivity (Wildman–Crippen MR) is 565 cm³/mol. The fraction of sp³-hybridized carbons (Fsp3) is 0.308. The van der Waals surface area contributed by atoms with Gasteiger partial charge in [0.2, 0.25) is 5.91 Å². The van der Waals surface area contributed by atoms with E-state index < -0.39 is 0 Å². The monoisotopic (exact) mass is 2000 g/mol. The van der Waals surface area contributed by atoms with Crippen molar-refractivity contribution in [2.75, 3.05) is 115 Å². The molecule has 13 aromatic rings. The molecule has 8 fully saturated rings. The number of β-amino-alcohol motifs (C(OH)–C–C–N with tert-alkyl or cyclic N) is 1. The fourth-order valence-corrected chi connectivity index (χ4v) is 19.3. The molecule has 4 aromatic carbocycles. The van der Waals surface area contributed by atoms with Gasteiger partial charge in [-0.25, -0.2) is 19.9 Å². The summed E-state index contributed by atoms with van der Waals surface area (Å²) in [7, 11) is 0. The van der Waals surface area contributed by atoms with E-state index in [9.17, 15) is 29.1 Å².